The fraction of sp³-hybridized carbons (Fsp3) is 0. The Morgan fingerprint density at radius 1 is 0.481 bits per heavy atom. The Hall–Kier alpha value is -1.94. The molecule has 27 heavy (non-hydrogen) atoms. The largest absolute Gasteiger partial charge is 0.503 e. The summed E-state index contributed by atoms with van der Waals surface area (Å²) in [6, 6.07) is 0. The van der Waals surface area contributed by atoms with Crippen LogP contribution in [0.15, 0.2) is 13.2 Å². The van der Waals surface area contributed by atoms with Gasteiger partial charge in [-0.25, -0.2) is 17.6 Å². The van der Waals surface area contributed by atoms with E-state index in [0.717, 1.165) is 0 Å². The predicted octanol–water partition coefficient (Wildman–Crippen LogP) is 5.18. The summed E-state index contributed by atoms with van der Waals surface area (Å²) in [7, 11) is 0. The van der Waals surface area contributed by atoms with Crippen LogP contribution in [0.5, 0.6) is 11.5 Å². The molecule has 143 valence electrons. The van der Waals surface area contributed by atoms with Crippen molar-refractivity contribution in [1.82, 2.24) is 0 Å². The second-order valence-corrected chi connectivity index (χ2v) is 4.44. The van der Waals surface area contributed by atoms with Gasteiger partial charge in [-0.3, -0.25) is 0 Å². The van der Waals surface area contributed by atoms with Crippen LogP contribution < -0.4 is 0 Å². The van der Waals surface area contributed by atoms with Gasteiger partial charge in [0, 0.05) is 32.7 Å². The van der Waals surface area contributed by atoms with Gasteiger partial charge < -0.3 is 10.2 Å². The molecule has 1 radical (unpaired) electrons. The fourth-order valence-electron chi connectivity index (χ4n) is 1.63. The molecule has 0 fully saturated rings. The average Bonchev–Trinajstić information content (AvgIpc) is 2.63. The van der Waals surface area contributed by atoms with E-state index in [1.807, 2.05) is 0 Å². The van der Waals surface area contributed by atoms with E-state index in [4.69, 9.17) is 10.2 Å². The van der Waals surface area contributed by atoms with Crippen molar-refractivity contribution in [3.05, 3.63) is 70.8 Å². The molecule has 0 saturated heterocycles. The molecule has 0 aromatic heterocycles. The maximum absolute atomic E-state index is 12.7. The van der Waals surface area contributed by atoms with E-state index in [9.17, 15) is 35.1 Å². The zero-order valence-corrected chi connectivity index (χ0v) is 15.9. The topological polar surface area (TPSA) is 40.5 Å². The third-order valence-electron chi connectivity index (χ3n) is 2.96. The van der Waals surface area contributed by atoms with Gasteiger partial charge in [-0.15, -0.1) is 0 Å². The molecule has 0 spiro atoms. The summed E-state index contributed by atoms with van der Waals surface area (Å²) in [4.78, 5) is 0. The Bertz CT molecular complexity index is 767. The number of benzene rings is 2. The van der Waals surface area contributed by atoms with Crippen LogP contribution >= 0.6 is 0 Å². The van der Waals surface area contributed by atoms with Crippen molar-refractivity contribution >= 4 is 12.2 Å². The second kappa shape index (κ2) is 9.84. The smallest absolute Gasteiger partial charge is 0.204 e. The molecule has 0 bridgehead atoms. The molecule has 2 nitrogen and oxygen atoms in total. The molecule has 0 heterocycles. The Labute approximate surface area is 172 Å². The van der Waals surface area contributed by atoms with Gasteiger partial charge in [0.2, 0.25) is 23.3 Å². The maximum atomic E-state index is 12.7. The van der Waals surface area contributed by atoms with E-state index < -0.39 is 69.2 Å². The molecular weight excluding hydrogens is 465 g/mol. The first-order valence-corrected chi connectivity index (χ1v) is 6.35. The van der Waals surface area contributed by atoms with Crippen LogP contribution in [0.3, 0.4) is 0 Å². The van der Waals surface area contributed by atoms with E-state index in [1.54, 1.807) is 0 Å². The first-order chi connectivity index (χ1) is 12.0. The predicted molar refractivity (Wildman–Crippen MR) is 76.1 cm³/mol. The van der Waals surface area contributed by atoms with E-state index >= 15 is 0 Å². The van der Waals surface area contributed by atoms with Crippen molar-refractivity contribution in [2.75, 3.05) is 0 Å². The number of rotatable bonds is 2. The van der Waals surface area contributed by atoms with E-state index in [-0.39, 0.29) is 32.7 Å². The Balaban J connectivity index is 0.000000483. The van der Waals surface area contributed by atoms with Gasteiger partial charge in [-0.1, -0.05) is 25.3 Å². The quantitative estimate of drug-likeness (QED) is 0.467. The number of halogens is 8. The van der Waals surface area contributed by atoms with Crippen LogP contribution in [0.2, 0.25) is 0 Å². The molecule has 2 rings (SSSR count). The summed E-state index contributed by atoms with van der Waals surface area (Å²) in [5, 5.41) is 17.0. The molecule has 2 aromatic rings. The van der Waals surface area contributed by atoms with E-state index in [1.165, 1.54) is 0 Å². The SMILES string of the molecule is C=Cc1c(F)c(F)c(O)c(F)c1F.C=Cc1c(F)c(F)c(O)c(F)c1F.[Y]. The van der Waals surface area contributed by atoms with Crippen molar-refractivity contribution in [3.63, 3.8) is 0 Å². The molecule has 0 saturated carbocycles. The van der Waals surface area contributed by atoms with Gasteiger partial charge in [0.25, 0.3) is 0 Å². The number of aromatic hydroxyl groups is 2. The Morgan fingerprint density at radius 3 is 0.815 bits per heavy atom. The molecule has 11 heteroatoms. The van der Waals surface area contributed by atoms with Gasteiger partial charge in [-0.05, 0) is 0 Å². The maximum Gasteiger partial charge on any atom is 0.204 e. The van der Waals surface area contributed by atoms with E-state index in [0.29, 0.717) is 12.2 Å². The number of phenols is 2. The zero-order chi connectivity index (χ0) is 20.3. The first kappa shape index (κ1) is 25.1. The average molecular weight is 473 g/mol. The molecular formula is C16H8F8O2Y. The fourth-order valence-corrected chi connectivity index (χ4v) is 1.63. The minimum Gasteiger partial charge on any atom is -0.503 e. The number of hydrogen-bond acceptors (Lipinski definition) is 2. The summed E-state index contributed by atoms with van der Waals surface area (Å²) in [5.41, 5.74) is -1.87. The van der Waals surface area contributed by atoms with Crippen molar-refractivity contribution in [1.29, 1.82) is 0 Å². The number of hydrogen-bond donors (Lipinski definition) is 2. The van der Waals surface area contributed by atoms with Crippen LogP contribution in [-0.4, -0.2) is 10.2 Å². The summed E-state index contributed by atoms with van der Waals surface area (Å²) >= 11 is 0. The zero-order valence-electron chi connectivity index (χ0n) is 13.1. The van der Waals surface area contributed by atoms with Crippen LogP contribution in [0, 0.1) is 46.5 Å². The minimum atomic E-state index is -1.83. The summed E-state index contributed by atoms with van der Waals surface area (Å²) in [6.07, 6.45) is 1.24. The third-order valence-corrected chi connectivity index (χ3v) is 2.96. The van der Waals surface area contributed by atoms with Gasteiger partial charge in [-0.2, -0.15) is 17.6 Å². The molecule has 2 N–H and O–H groups in total. The van der Waals surface area contributed by atoms with Gasteiger partial charge in [0.1, 0.15) is 0 Å². The Kier molecular flexibility index (Phi) is 9.14. The van der Waals surface area contributed by atoms with Crippen LogP contribution in [-0.2, 0) is 32.7 Å². The molecule has 0 amide bonds. The van der Waals surface area contributed by atoms with Crippen LogP contribution in [0.25, 0.3) is 12.2 Å². The van der Waals surface area contributed by atoms with Crippen LogP contribution in [0.1, 0.15) is 11.1 Å². The molecule has 0 aliphatic rings. The molecule has 0 aliphatic carbocycles. The summed E-state index contributed by atoms with van der Waals surface area (Å²) in [6.45, 7) is 5.94. The van der Waals surface area contributed by atoms with Crippen molar-refractivity contribution < 1.29 is 78.0 Å². The van der Waals surface area contributed by atoms with Crippen molar-refractivity contribution in [3.8, 4) is 11.5 Å². The monoisotopic (exact) mass is 473 g/mol. The van der Waals surface area contributed by atoms with Gasteiger partial charge in [0.15, 0.2) is 34.8 Å². The molecule has 0 unspecified atom stereocenters. The second-order valence-electron chi connectivity index (χ2n) is 4.44. The molecule has 0 atom stereocenters. The summed E-state index contributed by atoms with van der Waals surface area (Å²) < 4.78 is 101. The first-order valence-electron chi connectivity index (χ1n) is 6.35. The van der Waals surface area contributed by atoms with Gasteiger partial charge >= 0.3 is 0 Å². The normalized spacial score (nSPS) is 9.78. The Morgan fingerprint density at radius 2 is 0.667 bits per heavy atom. The van der Waals surface area contributed by atoms with E-state index in [2.05, 4.69) is 13.2 Å². The summed E-state index contributed by atoms with van der Waals surface area (Å²) in [5.74, 6) is -17.3. The number of phenolic OH excluding ortho intramolecular Hbond substituents is 2. The van der Waals surface area contributed by atoms with Gasteiger partial charge in [0.05, 0.1) is 11.1 Å². The van der Waals surface area contributed by atoms with Crippen molar-refractivity contribution in [2.45, 2.75) is 0 Å². The molecule has 0 aliphatic heterocycles. The van der Waals surface area contributed by atoms with Crippen LogP contribution in [0.4, 0.5) is 35.1 Å². The standard InChI is InChI=1S/2C8H4F4O.Y/c2*1-2-3-4(9)6(11)8(13)7(12)5(3)10;/h2*2,13H,1H2;. The van der Waals surface area contributed by atoms with Crippen molar-refractivity contribution in [2.24, 2.45) is 0 Å². The third kappa shape index (κ3) is 4.67. The molecule has 2 aromatic carbocycles. The minimum absolute atomic E-state index is 0.